The van der Waals surface area contributed by atoms with Crippen LogP contribution in [0.2, 0.25) is 0 Å². The van der Waals surface area contributed by atoms with Gasteiger partial charge < -0.3 is 14.4 Å². The maximum atomic E-state index is 13.1. The van der Waals surface area contributed by atoms with Crippen LogP contribution in [0.25, 0.3) is 11.9 Å². The second-order valence-electron chi connectivity index (χ2n) is 7.23. The lowest BCUT2D eigenvalue weighted by Gasteiger charge is -2.37. The van der Waals surface area contributed by atoms with E-state index in [-0.39, 0.29) is 23.4 Å². The molecule has 162 valence electrons. The van der Waals surface area contributed by atoms with E-state index in [0.29, 0.717) is 35.6 Å². The van der Waals surface area contributed by atoms with Crippen molar-refractivity contribution in [1.29, 1.82) is 0 Å². The minimum absolute atomic E-state index is 0.00879. The highest BCUT2D eigenvalue weighted by Gasteiger charge is 2.31. The summed E-state index contributed by atoms with van der Waals surface area (Å²) in [4.78, 5) is 22.3. The van der Waals surface area contributed by atoms with E-state index in [1.165, 1.54) is 31.1 Å². The summed E-state index contributed by atoms with van der Waals surface area (Å²) < 4.78 is 38.2. The highest BCUT2D eigenvalue weighted by Crippen LogP contribution is 2.34. The molecule has 0 atom stereocenters. The molecule has 31 heavy (non-hydrogen) atoms. The van der Waals surface area contributed by atoms with E-state index in [2.05, 4.69) is 15.1 Å². The van der Waals surface area contributed by atoms with E-state index in [9.17, 15) is 13.6 Å². The Hall–Kier alpha value is -3.56. The Kier molecular flexibility index (Phi) is 5.53. The fourth-order valence-electron chi connectivity index (χ4n) is 3.55. The van der Waals surface area contributed by atoms with Crippen LogP contribution in [0.5, 0.6) is 11.5 Å². The summed E-state index contributed by atoms with van der Waals surface area (Å²) in [6, 6.07) is 6.36. The van der Waals surface area contributed by atoms with Gasteiger partial charge >= 0.3 is 0 Å². The number of nitrogens with zero attached hydrogens (tertiary/aromatic N) is 5. The number of alkyl halides is 2. The highest BCUT2D eigenvalue weighted by atomic mass is 19.3. The molecule has 0 radical (unpaired) electrons. The molecular weight excluding hydrogens is 408 g/mol. The second kappa shape index (κ2) is 8.29. The van der Waals surface area contributed by atoms with Gasteiger partial charge in [0.25, 0.3) is 18.1 Å². The molecule has 2 aromatic heterocycles. The number of carbonyl (C=O) groups excluding carboxylic acids is 1. The molecule has 8 nitrogen and oxygen atoms in total. The number of carbonyl (C=O) groups is 1. The molecule has 1 fully saturated rings. The zero-order chi connectivity index (χ0) is 22.1. The first-order valence-electron chi connectivity index (χ1n) is 9.58. The number of rotatable bonds is 6. The fourth-order valence-corrected chi connectivity index (χ4v) is 3.55. The first kappa shape index (κ1) is 20.7. The second-order valence-corrected chi connectivity index (χ2v) is 7.23. The first-order valence-corrected chi connectivity index (χ1v) is 9.58. The zero-order valence-corrected chi connectivity index (χ0v) is 17.2. The Labute approximate surface area is 177 Å². The largest absolute Gasteiger partial charge is 0.493 e. The standard InChI is InChI=1S/C21H21F2N5O3/c1-27(20(29)13-4-5-17(30-2)18(9-13)31-3)14-6-12(7-14)8-15-10-16(19(22)23)26-21-24-11-25-28(15)21/h4-5,8-11,14,19H,6-7H2,1-3H3. The molecule has 1 amide bonds. The topological polar surface area (TPSA) is 81.9 Å². The van der Waals surface area contributed by atoms with Crippen molar-refractivity contribution in [2.45, 2.75) is 25.3 Å². The lowest BCUT2D eigenvalue weighted by molar-refractivity contribution is 0.0699. The van der Waals surface area contributed by atoms with Crippen LogP contribution in [-0.2, 0) is 0 Å². The Morgan fingerprint density at radius 2 is 1.97 bits per heavy atom. The molecule has 10 heteroatoms. The fraction of sp³-hybridized carbons (Fsp3) is 0.333. The zero-order valence-electron chi connectivity index (χ0n) is 17.2. The van der Waals surface area contributed by atoms with Crippen LogP contribution in [0.4, 0.5) is 8.78 Å². The molecule has 2 heterocycles. The molecule has 1 aliphatic rings. The number of methoxy groups -OCH3 is 2. The van der Waals surface area contributed by atoms with Gasteiger partial charge in [0.2, 0.25) is 0 Å². The van der Waals surface area contributed by atoms with Gasteiger partial charge in [-0.2, -0.15) is 14.6 Å². The molecular formula is C21H21F2N5O3. The number of hydrogen-bond acceptors (Lipinski definition) is 6. The summed E-state index contributed by atoms with van der Waals surface area (Å²) in [5.41, 5.74) is 1.67. The van der Waals surface area contributed by atoms with Crippen molar-refractivity contribution in [1.82, 2.24) is 24.5 Å². The third kappa shape index (κ3) is 3.92. The Morgan fingerprint density at radius 1 is 1.23 bits per heavy atom. The number of halogens is 2. The van der Waals surface area contributed by atoms with Gasteiger partial charge in [0, 0.05) is 18.7 Å². The minimum atomic E-state index is -2.70. The van der Waals surface area contributed by atoms with Crippen LogP contribution in [0.15, 0.2) is 36.2 Å². The Balaban J connectivity index is 1.49. The third-order valence-electron chi connectivity index (χ3n) is 5.37. The van der Waals surface area contributed by atoms with Crippen LogP contribution in [-0.4, -0.2) is 57.7 Å². The van der Waals surface area contributed by atoms with Gasteiger partial charge in [-0.05, 0) is 43.2 Å². The van der Waals surface area contributed by atoms with Crippen molar-refractivity contribution in [3.8, 4) is 11.5 Å². The van der Waals surface area contributed by atoms with Gasteiger partial charge in [0.1, 0.15) is 12.0 Å². The number of aromatic nitrogens is 4. The molecule has 0 bridgehead atoms. The number of fused-ring (bicyclic) bond motifs is 1. The molecule has 0 N–H and O–H groups in total. The van der Waals surface area contributed by atoms with Crippen molar-refractivity contribution in [2.75, 3.05) is 21.3 Å². The molecule has 0 aliphatic heterocycles. The molecule has 0 saturated heterocycles. The number of hydrogen-bond donors (Lipinski definition) is 0. The molecule has 1 saturated carbocycles. The van der Waals surface area contributed by atoms with E-state index in [0.717, 1.165) is 5.57 Å². The average molecular weight is 429 g/mol. The molecule has 0 unspecified atom stereocenters. The van der Waals surface area contributed by atoms with E-state index in [1.54, 1.807) is 36.2 Å². The molecule has 0 spiro atoms. The summed E-state index contributed by atoms with van der Waals surface area (Å²) in [6.07, 6.45) is 1.66. The lowest BCUT2D eigenvalue weighted by Crippen LogP contribution is -2.42. The van der Waals surface area contributed by atoms with Crippen molar-refractivity contribution in [3.05, 3.63) is 53.1 Å². The molecule has 4 rings (SSSR count). The summed E-state index contributed by atoms with van der Waals surface area (Å²) in [5, 5.41) is 4.05. The summed E-state index contributed by atoms with van der Waals surface area (Å²) in [5.74, 6) is 1.03. The predicted octanol–water partition coefficient (Wildman–Crippen LogP) is 3.40. The predicted molar refractivity (Wildman–Crippen MR) is 108 cm³/mol. The Bertz CT molecular complexity index is 1150. The van der Waals surface area contributed by atoms with E-state index >= 15 is 0 Å². The van der Waals surface area contributed by atoms with Crippen LogP contribution in [0.1, 0.15) is 41.0 Å². The Morgan fingerprint density at radius 3 is 2.65 bits per heavy atom. The van der Waals surface area contributed by atoms with Crippen LogP contribution >= 0.6 is 0 Å². The smallest absolute Gasteiger partial charge is 0.280 e. The minimum Gasteiger partial charge on any atom is -0.493 e. The average Bonchev–Trinajstić information content (AvgIpc) is 3.23. The molecule has 1 aliphatic carbocycles. The maximum absolute atomic E-state index is 13.1. The van der Waals surface area contributed by atoms with Crippen LogP contribution in [0.3, 0.4) is 0 Å². The van der Waals surface area contributed by atoms with Crippen molar-refractivity contribution < 1.29 is 23.0 Å². The summed E-state index contributed by atoms with van der Waals surface area (Å²) in [6.45, 7) is 0. The van der Waals surface area contributed by atoms with E-state index in [4.69, 9.17) is 9.47 Å². The SMILES string of the molecule is COc1ccc(C(=O)N(C)C2CC(=Cc3cc(C(F)F)nc4ncnn34)C2)cc1OC. The summed E-state index contributed by atoms with van der Waals surface area (Å²) in [7, 11) is 4.80. The summed E-state index contributed by atoms with van der Waals surface area (Å²) >= 11 is 0. The number of amides is 1. The van der Waals surface area contributed by atoms with E-state index in [1.807, 2.05) is 0 Å². The normalized spacial score (nSPS) is 15.7. The van der Waals surface area contributed by atoms with Gasteiger partial charge in [-0.25, -0.2) is 13.8 Å². The van der Waals surface area contributed by atoms with Crippen LogP contribution < -0.4 is 9.47 Å². The molecule has 3 aromatic rings. The third-order valence-corrected chi connectivity index (χ3v) is 5.37. The van der Waals surface area contributed by atoms with Gasteiger partial charge in [-0.1, -0.05) is 5.57 Å². The first-order chi connectivity index (χ1) is 14.9. The maximum Gasteiger partial charge on any atom is 0.280 e. The lowest BCUT2D eigenvalue weighted by atomic mass is 9.84. The van der Waals surface area contributed by atoms with Crippen LogP contribution in [0, 0.1) is 0 Å². The van der Waals surface area contributed by atoms with Gasteiger partial charge in [-0.15, -0.1) is 0 Å². The number of ether oxygens (including phenoxy) is 2. The van der Waals surface area contributed by atoms with Gasteiger partial charge in [0.05, 0.1) is 19.9 Å². The van der Waals surface area contributed by atoms with Gasteiger partial charge in [0.15, 0.2) is 11.5 Å². The van der Waals surface area contributed by atoms with Crippen molar-refractivity contribution in [2.24, 2.45) is 0 Å². The monoisotopic (exact) mass is 429 g/mol. The highest BCUT2D eigenvalue weighted by molar-refractivity contribution is 5.95. The van der Waals surface area contributed by atoms with E-state index < -0.39 is 6.43 Å². The quantitative estimate of drug-likeness (QED) is 0.597. The molecule has 1 aromatic carbocycles. The van der Waals surface area contributed by atoms with Crippen molar-refractivity contribution in [3.63, 3.8) is 0 Å². The number of benzene rings is 1. The van der Waals surface area contributed by atoms with Crippen molar-refractivity contribution >= 4 is 17.8 Å². The van der Waals surface area contributed by atoms with Gasteiger partial charge in [-0.3, -0.25) is 4.79 Å².